The zero-order valence-electron chi connectivity index (χ0n) is 14.2. The second-order valence-electron chi connectivity index (χ2n) is 5.46. The Balaban J connectivity index is 1.80. The van der Waals surface area contributed by atoms with Gasteiger partial charge in [0.05, 0.1) is 12.8 Å². The van der Waals surface area contributed by atoms with Gasteiger partial charge in [0.25, 0.3) is 5.91 Å². The van der Waals surface area contributed by atoms with Crippen molar-refractivity contribution in [2.45, 2.75) is 13.8 Å². The summed E-state index contributed by atoms with van der Waals surface area (Å²) in [7, 11) is 0. The van der Waals surface area contributed by atoms with Crippen molar-refractivity contribution in [2.75, 3.05) is 45.8 Å². The number of guanidine groups is 1. The van der Waals surface area contributed by atoms with E-state index >= 15 is 0 Å². The van der Waals surface area contributed by atoms with Gasteiger partial charge in [-0.05, 0) is 19.1 Å². The molecule has 1 aromatic heterocycles. The smallest absolute Gasteiger partial charge is 0.287 e. The molecule has 8 nitrogen and oxygen atoms in total. The zero-order chi connectivity index (χ0) is 17.4. The minimum atomic E-state index is -0.240. The molecule has 1 aliphatic rings. The van der Waals surface area contributed by atoms with Crippen LogP contribution in [0.1, 0.15) is 24.4 Å². The van der Waals surface area contributed by atoms with Gasteiger partial charge >= 0.3 is 0 Å². The Bertz CT molecular complexity index is 562. The molecular weight excluding hydrogens is 310 g/mol. The van der Waals surface area contributed by atoms with E-state index in [9.17, 15) is 9.59 Å². The van der Waals surface area contributed by atoms with Crippen LogP contribution in [0.4, 0.5) is 0 Å². The molecule has 1 aliphatic heterocycles. The molecule has 1 saturated heterocycles. The number of nitrogens with one attached hydrogen (secondary N) is 2. The summed E-state index contributed by atoms with van der Waals surface area (Å²) in [6, 6.07) is 3.30. The van der Waals surface area contributed by atoms with Gasteiger partial charge in [-0.15, -0.1) is 0 Å². The predicted molar refractivity (Wildman–Crippen MR) is 90.8 cm³/mol. The van der Waals surface area contributed by atoms with Crippen molar-refractivity contribution in [3.8, 4) is 0 Å². The van der Waals surface area contributed by atoms with Gasteiger partial charge in [0, 0.05) is 46.2 Å². The second kappa shape index (κ2) is 8.95. The van der Waals surface area contributed by atoms with E-state index in [-0.39, 0.29) is 11.8 Å². The lowest BCUT2D eigenvalue weighted by atomic mass is 10.3. The first-order chi connectivity index (χ1) is 11.6. The third kappa shape index (κ3) is 5.00. The molecule has 8 heteroatoms. The van der Waals surface area contributed by atoms with Crippen molar-refractivity contribution in [3.63, 3.8) is 0 Å². The summed E-state index contributed by atoms with van der Waals surface area (Å²) in [4.78, 5) is 31.7. The van der Waals surface area contributed by atoms with Crippen LogP contribution in [0.3, 0.4) is 0 Å². The molecule has 0 atom stereocenters. The molecule has 2 heterocycles. The maximum absolute atomic E-state index is 11.8. The van der Waals surface area contributed by atoms with Crippen LogP contribution in [0.5, 0.6) is 0 Å². The van der Waals surface area contributed by atoms with E-state index in [0.29, 0.717) is 31.9 Å². The van der Waals surface area contributed by atoms with E-state index in [1.165, 1.54) is 6.26 Å². The van der Waals surface area contributed by atoms with Gasteiger partial charge in [0.1, 0.15) is 0 Å². The fourth-order valence-electron chi connectivity index (χ4n) is 2.49. The maximum Gasteiger partial charge on any atom is 0.287 e. The standard InChI is InChI=1S/C16H25N5O3/c1-3-17-16(21-10-8-20(9-11-21)13(2)22)19-7-6-18-15(23)14-5-4-12-24-14/h4-5,12H,3,6-11H2,1-2H3,(H,17,19)(H,18,23). The molecule has 2 rings (SSSR count). The molecule has 2 amide bonds. The Labute approximate surface area is 141 Å². The molecule has 1 fully saturated rings. The molecule has 0 bridgehead atoms. The summed E-state index contributed by atoms with van der Waals surface area (Å²) < 4.78 is 5.04. The lowest BCUT2D eigenvalue weighted by Gasteiger charge is -2.36. The fourth-order valence-corrected chi connectivity index (χ4v) is 2.49. The van der Waals surface area contributed by atoms with Crippen molar-refractivity contribution in [3.05, 3.63) is 24.2 Å². The summed E-state index contributed by atoms with van der Waals surface area (Å²) in [5.74, 6) is 0.978. The predicted octanol–water partition coefficient (Wildman–Crippen LogP) is 0.139. The average molecular weight is 335 g/mol. The molecule has 0 aliphatic carbocycles. The Morgan fingerprint density at radius 1 is 1.21 bits per heavy atom. The molecule has 1 aromatic rings. The number of carbonyl (C=O) groups excluding carboxylic acids is 2. The summed E-state index contributed by atoms with van der Waals surface area (Å²) in [6.45, 7) is 8.20. The van der Waals surface area contributed by atoms with E-state index in [1.807, 2.05) is 11.8 Å². The van der Waals surface area contributed by atoms with Crippen molar-refractivity contribution in [2.24, 2.45) is 4.99 Å². The zero-order valence-corrected chi connectivity index (χ0v) is 14.2. The van der Waals surface area contributed by atoms with Gasteiger partial charge in [-0.3, -0.25) is 14.6 Å². The Kier molecular flexibility index (Phi) is 6.65. The average Bonchev–Trinajstić information content (AvgIpc) is 3.12. The highest BCUT2D eigenvalue weighted by molar-refractivity contribution is 5.91. The number of rotatable bonds is 5. The monoisotopic (exact) mass is 335 g/mol. The topological polar surface area (TPSA) is 90.2 Å². The first-order valence-corrected chi connectivity index (χ1v) is 8.22. The molecule has 0 radical (unpaired) electrons. The summed E-state index contributed by atoms with van der Waals surface area (Å²) >= 11 is 0. The Morgan fingerprint density at radius 2 is 1.92 bits per heavy atom. The van der Waals surface area contributed by atoms with Gasteiger partial charge < -0.3 is 24.9 Å². The van der Waals surface area contributed by atoms with Gasteiger partial charge in [-0.2, -0.15) is 0 Å². The normalized spacial score (nSPS) is 15.3. The number of carbonyl (C=O) groups is 2. The SMILES string of the molecule is CCNC(=NCCNC(=O)c1ccco1)N1CCN(C(C)=O)CC1. The number of amides is 2. The van der Waals surface area contributed by atoms with Crippen molar-refractivity contribution >= 4 is 17.8 Å². The van der Waals surface area contributed by atoms with Crippen LogP contribution >= 0.6 is 0 Å². The number of hydrogen-bond acceptors (Lipinski definition) is 4. The summed E-state index contributed by atoms with van der Waals surface area (Å²) in [5, 5.41) is 6.02. The highest BCUT2D eigenvalue weighted by atomic mass is 16.3. The van der Waals surface area contributed by atoms with Crippen LogP contribution in [-0.2, 0) is 4.79 Å². The third-order valence-electron chi connectivity index (χ3n) is 3.76. The Hall–Kier alpha value is -2.51. The first-order valence-electron chi connectivity index (χ1n) is 8.22. The molecular formula is C16H25N5O3. The minimum absolute atomic E-state index is 0.109. The summed E-state index contributed by atoms with van der Waals surface area (Å²) in [6.07, 6.45) is 1.47. The van der Waals surface area contributed by atoms with E-state index in [1.54, 1.807) is 19.1 Å². The number of nitrogens with zero attached hydrogens (tertiary/aromatic N) is 3. The second-order valence-corrected chi connectivity index (χ2v) is 5.46. The van der Waals surface area contributed by atoms with E-state index in [2.05, 4.69) is 20.5 Å². The number of aliphatic imine (C=N–C) groups is 1. The van der Waals surface area contributed by atoms with Crippen molar-refractivity contribution < 1.29 is 14.0 Å². The lowest BCUT2D eigenvalue weighted by Crippen LogP contribution is -2.53. The van der Waals surface area contributed by atoms with Gasteiger partial charge in [0.15, 0.2) is 11.7 Å². The summed E-state index contributed by atoms with van der Waals surface area (Å²) in [5.41, 5.74) is 0. The first kappa shape index (κ1) is 17.8. The van der Waals surface area contributed by atoms with Crippen molar-refractivity contribution in [1.29, 1.82) is 0 Å². The van der Waals surface area contributed by atoms with Crippen LogP contribution in [0.25, 0.3) is 0 Å². The number of hydrogen-bond donors (Lipinski definition) is 2. The molecule has 0 aromatic carbocycles. The van der Waals surface area contributed by atoms with E-state index in [0.717, 1.165) is 25.6 Å². The van der Waals surface area contributed by atoms with E-state index < -0.39 is 0 Å². The van der Waals surface area contributed by atoms with Crippen molar-refractivity contribution in [1.82, 2.24) is 20.4 Å². The van der Waals surface area contributed by atoms with E-state index in [4.69, 9.17) is 4.42 Å². The molecule has 0 unspecified atom stereocenters. The highest BCUT2D eigenvalue weighted by Crippen LogP contribution is 2.03. The third-order valence-corrected chi connectivity index (χ3v) is 3.76. The number of furan rings is 1. The largest absolute Gasteiger partial charge is 0.459 e. The van der Waals surface area contributed by atoms with Crippen LogP contribution in [0.15, 0.2) is 27.8 Å². The highest BCUT2D eigenvalue weighted by Gasteiger charge is 2.20. The molecule has 0 spiro atoms. The molecule has 132 valence electrons. The molecule has 2 N–H and O–H groups in total. The van der Waals surface area contributed by atoms with Gasteiger partial charge in [-0.25, -0.2) is 0 Å². The van der Waals surface area contributed by atoms with Gasteiger partial charge in [-0.1, -0.05) is 0 Å². The Morgan fingerprint density at radius 3 is 2.50 bits per heavy atom. The van der Waals surface area contributed by atoms with Crippen LogP contribution in [0, 0.1) is 0 Å². The minimum Gasteiger partial charge on any atom is -0.459 e. The van der Waals surface area contributed by atoms with Crippen LogP contribution in [0.2, 0.25) is 0 Å². The molecule has 24 heavy (non-hydrogen) atoms. The maximum atomic E-state index is 11.8. The van der Waals surface area contributed by atoms with Crippen LogP contribution in [-0.4, -0.2) is 73.4 Å². The fraction of sp³-hybridized carbons (Fsp3) is 0.562. The number of piperazine rings is 1. The quantitative estimate of drug-likeness (QED) is 0.454. The molecule has 0 saturated carbocycles. The van der Waals surface area contributed by atoms with Gasteiger partial charge in [0.2, 0.25) is 5.91 Å². The van der Waals surface area contributed by atoms with Crippen LogP contribution < -0.4 is 10.6 Å². The lowest BCUT2D eigenvalue weighted by molar-refractivity contribution is -0.130.